The van der Waals surface area contributed by atoms with Gasteiger partial charge in [0, 0.05) is 16.8 Å². The molecule has 2 heterocycles. The van der Waals surface area contributed by atoms with Gasteiger partial charge in [0.15, 0.2) is 5.96 Å². The number of guanidine groups is 1. The summed E-state index contributed by atoms with van der Waals surface area (Å²) in [7, 11) is 1.62. The summed E-state index contributed by atoms with van der Waals surface area (Å²) in [6, 6.07) is 6.81. The van der Waals surface area contributed by atoms with Gasteiger partial charge in [0.25, 0.3) is 0 Å². The molecule has 0 bridgehead atoms. The second-order valence-corrected chi connectivity index (χ2v) is 8.21. The number of nitrogen functional groups attached to an aromatic ring is 1. The number of nitrogens with zero attached hydrogens (tertiary/aromatic N) is 1. The molecule has 2 aromatic rings. The van der Waals surface area contributed by atoms with Crippen LogP contribution in [0.25, 0.3) is 11.1 Å². The maximum absolute atomic E-state index is 13.6. The Morgan fingerprint density at radius 1 is 1.37 bits per heavy atom. The quantitative estimate of drug-likeness (QED) is 0.694. The van der Waals surface area contributed by atoms with Gasteiger partial charge in [-0.15, -0.1) is 11.3 Å². The van der Waals surface area contributed by atoms with E-state index in [1.807, 2.05) is 13.8 Å². The highest BCUT2D eigenvalue weighted by molar-refractivity contribution is 7.12. The predicted molar refractivity (Wildman–Crippen MR) is 108 cm³/mol. The minimum Gasteiger partial charge on any atom is -0.396 e. The van der Waals surface area contributed by atoms with Crippen molar-refractivity contribution in [2.75, 3.05) is 12.8 Å². The van der Waals surface area contributed by atoms with Crippen LogP contribution in [0.1, 0.15) is 36.9 Å². The van der Waals surface area contributed by atoms with Gasteiger partial charge in [0.2, 0.25) is 5.91 Å². The first kappa shape index (κ1) is 19.4. The average Bonchev–Trinajstić information content (AvgIpc) is 3.07. The Kier molecular flexibility index (Phi) is 4.99. The lowest BCUT2D eigenvalue weighted by Gasteiger charge is -2.44. The number of hydrogen-bond acceptors (Lipinski definition) is 4. The third-order valence-corrected chi connectivity index (χ3v) is 6.91. The fourth-order valence-electron chi connectivity index (χ4n) is 3.73. The number of rotatable bonds is 4. The van der Waals surface area contributed by atoms with E-state index in [0.29, 0.717) is 6.42 Å². The van der Waals surface area contributed by atoms with Gasteiger partial charge >= 0.3 is 0 Å². The molecule has 27 heavy (non-hydrogen) atoms. The molecule has 1 amide bonds. The van der Waals surface area contributed by atoms with Crippen LogP contribution in [-0.4, -0.2) is 23.8 Å². The van der Waals surface area contributed by atoms with Gasteiger partial charge in [0.1, 0.15) is 5.82 Å². The molecule has 7 heteroatoms. The van der Waals surface area contributed by atoms with Crippen LogP contribution in [-0.2, 0) is 16.8 Å². The molecule has 0 saturated carbocycles. The van der Waals surface area contributed by atoms with E-state index in [2.05, 4.69) is 18.3 Å². The number of nitrogens with two attached hydrogens (primary N) is 1. The van der Waals surface area contributed by atoms with Crippen molar-refractivity contribution in [1.29, 1.82) is 5.41 Å². The molecule has 1 aliphatic heterocycles. The molecular formula is C20H25FN4OS. The second-order valence-electron chi connectivity index (χ2n) is 7.07. The molecule has 144 valence electrons. The third-order valence-electron chi connectivity index (χ3n) is 5.40. The molecule has 0 spiro atoms. The number of thiophene rings is 1. The molecular weight excluding hydrogens is 363 g/mol. The molecule has 1 aliphatic rings. The molecule has 2 atom stereocenters. The fourth-order valence-corrected chi connectivity index (χ4v) is 5.01. The number of hydrogen-bond donors (Lipinski definition) is 3. The zero-order valence-electron chi connectivity index (χ0n) is 16.0. The summed E-state index contributed by atoms with van der Waals surface area (Å²) >= 11 is 1.63. The van der Waals surface area contributed by atoms with E-state index in [9.17, 15) is 9.18 Å². The number of amides is 1. The van der Waals surface area contributed by atoms with Crippen LogP contribution in [0.4, 0.5) is 10.1 Å². The number of carbonyl (C=O) groups excluding carboxylic acids is 1. The van der Waals surface area contributed by atoms with Crippen molar-refractivity contribution in [2.45, 2.75) is 39.2 Å². The summed E-state index contributed by atoms with van der Waals surface area (Å²) in [5.41, 5.74) is 7.08. The minimum atomic E-state index is -0.659. The molecule has 1 aromatic carbocycles. The van der Waals surface area contributed by atoms with Gasteiger partial charge < -0.3 is 11.1 Å². The normalized spacial score (nSPS) is 22.9. The van der Waals surface area contributed by atoms with E-state index in [1.165, 1.54) is 11.0 Å². The summed E-state index contributed by atoms with van der Waals surface area (Å²) in [5.74, 6) is -0.651. The maximum atomic E-state index is 13.6. The van der Waals surface area contributed by atoms with E-state index < -0.39 is 11.4 Å². The molecule has 4 N–H and O–H groups in total. The molecule has 0 unspecified atom stereocenters. The van der Waals surface area contributed by atoms with Crippen LogP contribution in [0.3, 0.4) is 0 Å². The summed E-state index contributed by atoms with van der Waals surface area (Å²) in [5, 5.41) is 11.4. The smallest absolute Gasteiger partial charge is 0.234 e. The Hall–Kier alpha value is -2.41. The topological polar surface area (TPSA) is 82.2 Å². The van der Waals surface area contributed by atoms with Gasteiger partial charge in [-0.2, -0.15) is 0 Å². The molecule has 1 fully saturated rings. The zero-order chi connectivity index (χ0) is 19.9. The number of halogens is 1. The van der Waals surface area contributed by atoms with Crippen LogP contribution in [0.2, 0.25) is 0 Å². The number of benzene rings is 1. The summed E-state index contributed by atoms with van der Waals surface area (Å²) < 4.78 is 13.6. The van der Waals surface area contributed by atoms with E-state index >= 15 is 0 Å². The Morgan fingerprint density at radius 2 is 2.07 bits per heavy atom. The zero-order valence-corrected chi connectivity index (χ0v) is 16.8. The highest BCUT2D eigenvalue weighted by Gasteiger charge is 2.47. The SMILES string of the molecule is CCc1sc([C@@]2(C)NC(=N)N(C)C(=O)[C@@H]2CC)cc1-c1ccc(F)c(N)c1. The Balaban J connectivity index is 2.11. The largest absolute Gasteiger partial charge is 0.396 e. The molecule has 1 saturated heterocycles. The van der Waals surface area contributed by atoms with E-state index in [-0.39, 0.29) is 23.5 Å². The van der Waals surface area contributed by atoms with Crippen LogP contribution in [0.15, 0.2) is 24.3 Å². The highest BCUT2D eigenvalue weighted by atomic mass is 32.1. The lowest BCUT2D eigenvalue weighted by Crippen LogP contribution is -2.63. The van der Waals surface area contributed by atoms with Gasteiger partial charge in [0.05, 0.1) is 17.1 Å². The van der Waals surface area contributed by atoms with E-state index in [1.54, 1.807) is 30.5 Å². The average molecular weight is 389 g/mol. The monoisotopic (exact) mass is 388 g/mol. The van der Waals surface area contributed by atoms with Crippen LogP contribution in [0.5, 0.6) is 0 Å². The number of nitrogens with one attached hydrogen (secondary N) is 2. The van der Waals surface area contributed by atoms with Crippen LogP contribution in [0, 0.1) is 17.1 Å². The lowest BCUT2D eigenvalue weighted by atomic mass is 9.79. The van der Waals surface area contributed by atoms with E-state index in [0.717, 1.165) is 27.3 Å². The first-order chi connectivity index (χ1) is 12.7. The first-order valence-electron chi connectivity index (χ1n) is 9.05. The molecule has 0 aliphatic carbocycles. The van der Waals surface area contributed by atoms with Crippen molar-refractivity contribution in [3.05, 3.63) is 39.8 Å². The van der Waals surface area contributed by atoms with Gasteiger partial charge in [-0.05, 0) is 49.1 Å². The minimum absolute atomic E-state index is 0.0530. The Bertz CT molecular complexity index is 909. The van der Waals surface area contributed by atoms with Crippen molar-refractivity contribution in [1.82, 2.24) is 10.2 Å². The first-order valence-corrected chi connectivity index (χ1v) is 9.87. The summed E-state index contributed by atoms with van der Waals surface area (Å²) in [6.07, 6.45) is 1.48. The van der Waals surface area contributed by atoms with Crippen molar-refractivity contribution < 1.29 is 9.18 Å². The number of aryl methyl sites for hydroxylation is 1. The molecule has 0 radical (unpaired) electrons. The van der Waals surface area contributed by atoms with E-state index in [4.69, 9.17) is 11.1 Å². The van der Waals surface area contributed by atoms with Crippen molar-refractivity contribution >= 4 is 28.9 Å². The third kappa shape index (κ3) is 3.10. The summed E-state index contributed by atoms with van der Waals surface area (Å²) in [4.78, 5) is 16.3. The summed E-state index contributed by atoms with van der Waals surface area (Å²) in [6.45, 7) is 6.04. The predicted octanol–water partition coefficient (Wildman–Crippen LogP) is 3.94. The van der Waals surface area contributed by atoms with Crippen molar-refractivity contribution in [3.63, 3.8) is 0 Å². The Labute approximate surface area is 162 Å². The highest BCUT2D eigenvalue weighted by Crippen LogP contribution is 2.43. The standard InChI is InChI=1S/C20H25FN4OS/c1-5-13-18(26)25(4)19(23)24-20(13,3)17-10-12(16(6-2)27-17)11-7-8-14(21)15(22)9-11/h7-10,13H,5-6,22H2,1-4H3,(H2,23,24)/t13-,20-/m0/s1. The second kappa shape index (κ2) is 6.96. The molecule has 3 rings (SSSR count). The van der Waals surface area contributed by atoms with Crippen LogP contribution >= 0.6 is 11.3 Å². The number of carbonyl (C=O) groups is 1. The van der Waals surface area contributed by atoms with Crippen LogP contribution < -0.4 is 11.1 Å². The lowest BCUT2D eigenvalue weighted by molar-refractivity contribution is -0.135. The van der Waals surface area contributed by atoms with Crippen molar-refractivity contribution in [3.8, 4) is 11.1 Å². The maximum Gasteiger partial charge on any atom is 0.234 e. The fraction of sp³-hybridized carbons (Fsp3) is 0.400. The van der Waals surface area contributed by atoms with Gasteiger partial charge in [-0.25, -0.2) is 4.39 Å². The van der Waals surface area contributed by atoms with Gasteiger partial charge in [-0.3, -0.25) is 15.1 Å². The van der Waals surface area contributed by atoms with Crippen molar-refractivity contribution in [2.24, 2.45) is 5.92 Å². The molecule has 1 aromatic heterocycles. The Morgan fingerprint density at radius 3 is 2.67 bits per heavy atom. The molecule has 5 nitrogen and oxygen atoms in total. The van der Waals surface area contributed by atoms with Gasteiger partial charge in [-0.1, -0.05) is 19.9 Å². The number of anilines is 1.